The van der Waals surface area contributed by atoms with E-state index in [4.69, 9.17) is 22.9 Å². The van der Waals surface area contributed by atoms with E-state index in [1.165, 1.54) is 20.8 Å². The fourth-order valence-corrected chi connectivity index (χ4v) is 9.47. The van der Waals surface area contributed by atoms with Crippen molar-refractivity contribution in [2.45, 2.75) is 199 Å². The minimum Gasteiger partial charge on any atom is -0.394 e. The number of nitrogens with one attached hydrogen (secondary N) is 6. The lowest BCUT2D eigenvalue weighted by molar-refractivity contribution is -0.138. The van der Waals surface area contributed by atoms with Crippen molar-refractivity contribution in [3.05, 3.63) is 0 Å². The highest BCUT2D eigenvalue weighted by molar-refractivity contribution is 5.99. The molecule has 25 heteroatoms. The smallest absolute Gasteiger partial charge is 0.245 e. The van der Waals surface area contributed by atoms with E-state index in [2.05, 4.69) is 38.8 Å². The Kier molecular flexibility index (Phi) is 35.0. The predicted molar refractivity (Wildman–Crippen MR) is 292 cm³/mol. The fraction of sp³-hybridized carbons (Fsp3) is 0.796. The monoisotopic (exact) mass is 1120 g/mol. The van der Waals surface area contributed by atoms with Crippen LogP contribution in [-0.2, 0) is 52.7 Å². The second-order valence-corrected chi connectivity index (χ2v) is 21.5. The summed E-state index contributed by atoms with van der Waals surface area (Å²) < 4.78 is 0. The summed E-state index contributed by atoms with van der Waals surface area (Å²) in [5.74, 6) is -14.9. The van der Waals surface area contributed by atoms with Gasteiger partial charge in [0.2, 0.25) is 35.4 Å². The quantitative estimate of drug-likeness (QED) is 0.0352. The van der Waals surface area contributed by atoms with Crippen molar-refractivity contribution in [2.75, 3.05) is 39.3 Å². The van der Waals surface area contributed by atoms with Crippen molar-refractivity contribution in [3.8, 4) is 0 Å². The molecule has 1 aliphatic heterocycles. The zero-order chi connectivity index (χ0) is 59.9. The lowest BCUT2D eigenvalue weighted by Gasteiger charge is -2.27. The standard InChI is InChI=1S/C54H96N10O15/c1-7-8-9-10-11-12-48(74)60-39(14-19-56)47(73)28-38(32(5)67)51(76)63-42(29-65)46(72)25-35-17-22-59-54(79)49(33(6)68)64-53(78)41(16-21-58)62-52(77)40(15-20-57)61-50(75)37(31(4)66)27-45(71)36(23-30(2)3)26-44(70)34(13-18-55)24-43(35)69/h30-42,49,65-68H,7-29,55-58H2,1-6H3,(H,59,79)(H,60,74)(H,61,75)(H,62,77)(H,63,76)(H,64,78)/t31?,32?,33?,34-,35-,36+,37+,38+,39+,40+,41+,42-,49+/m1/s1. The number of nitrogens with two attached hydrogens (primary N) is 4. The summed E-state index contributed by atoms with van der Waals surface area (Å²) in [5.41, 5.74) is 23.3. The second kappa shape index (κ2) is 38.5. The zero-order valence-electron chi connectivity index (χ0n) is 47.4. The minimum absolute atomic E-state index is 0.0140. The molecule has 3 unspecified atom stereocenters. The van der Waals surface area contributed by atoms with Crippen LogP contribution in [0.5, 0.6) is 0 Å². The number of hydrogen-bond donors (Lipinski definition) is 14. The van der Waals surface area contributed by atoms with Crippen LogP contribution in [0.4, 0.5) is 0 Å². The van der Waals surface area contributed by atoms with E-state index < -0.39 is 175 Å². The van der Waals surface area contributed by atoms with Crippen molar-refractivity contribution in [1.82, 2.24) is 31.9 Å². The van der Waals surface area contributed by atoms with E-state index >= 15 is 0 Å². The molecule has 0 aromatic rings. The van der Waals surface area contributed by atoms with E-state index in [0.29, 0.717) is 6.42 Å². The van der Waals surface area contributed by atoms with Crippen LogP contribution in [0.3, 0.4) is 0 Å². The van der Waals surface area contributed by atoms with Gasteiger partial charge in [-0.25, -0.2) is 0 Å². The fourth-order valence-electron chi connectivity index (χ4n) is 9.47. The van der Waals surface area contributed by atoms with E-state index in [1.807, 2.05) is 13.8 Å². The average Bonchev–Trinajstić information content (AvgIpc) is 3.37. The molecule has 0 aromatic heterocycles. The molecule has 0 bridgehead atoms. The van der Waals surface area contributed by atoms with Gasteiger partial charge < -0.3 is 75.3 Å². The normalized spacial score (nSPS) is 24.2. The molecule has 79 heavy (non-hydrogen) atoms. The van der Waals surface area contributed by atoms with Crippen LogP contribution >= 0.6 is 0 Å². The Bertz CT molecular complexity index is 1990. The molecule has 1 heterocycles. The summed E-state index contributed by atoms with van der Waals surface area (Å²) in [6.07, 6.45) is -3.06. The number of carbonyl (C=O) groups is 11. The minimum atomic E-state index is -1.70. The lowest BCUT2D eigenvalue weighted by Crippen LogP contribution is -2.59. The predicted octanol–water partition coefficient (Wildman–Crippen LogP) is -2.26. The number of carbonyl (C=O) groups excluding carboxylic acids is 11. The molecule has 1 rings (SSSR count). The van der Waals surface area contributed by atoms with Crippen LogP contribution < -0.4 is 54.8 Å². The number of hydrogen-bond acceptors (Lipinski definition) is 19. The van der Waals surface area contributed by atoms with E-state index in [-0.39, 0.29) is 89.5 Å². The number of aliphatic hydroxyl groups excluding tert-OH is 4. The molecular weight excluding hydrogens is 1030 g/mol. The van der Waals surface area contributed by atoms with Gasteiger partial charge in [0.15, 0.2) is 11.6 Å². The first-order valence-corrected chi connectivity index (χ1v) is 28.2. The van der Waals surface area contributed by atoms with Crippen molar-refractivity contribution in [2.24, 2.45) is 58.4 Å². The first-order valence-electron chi connectivity index (χ1n) is 28.2. The molecule has 13 atom stereocenters. The highest BCUT2D eigenvalue weighted by Crippen LogP contribution is 2.27. The van der Waals surface area contributed by atoms with Gasteiger partial charge in [0.25, 0.3) is 0 Å². The third-order valence-corrected chi connectivity index (χ3v) is 14.3. The topological polar surface area (TPSA) is 445 Å². The molecule has 0 radical (unpaired) electrons. The molecule has 0 spiro atoms. The molecule has 1 saturated heterocycles. The Morgan fingerprint density at radius 3 is 1.71 bits per heavy atom. The number of ketones is 5. The number of aliphatic hydroxyl groups is 4. The summed E-state index contributed by atoms with van der Waals surface area (Å²) in [5, 5.41) is 57.7. The van der Waals surface area contributed by atoms with Crippen LogP contribution in [0.15, 0.2) is 0 Å². The van der Waals surface area contributed by atoms with Gasteiger partial charge in [0.05, 0.1) is 42.8 Å². The van der Waals surface area contributed by atoms with Crippen LogP contribution in [0.25, 0.3) is 0 Å². The largest absolute Gasteiger partial charge is 0.394 e. The maximum Gasteiger partial charge on any atom is 0.245 e. The molecule has 6 amide bonds. The molecule has 18 N–H and O–H groups in total. The summed E-state index contributed by atoms with van der Waals surface area (Å²) in [4.78, 5) is 152. The number of Topliss-reactive ketones (excluding diaryl/α,β-unsaturated/α-hetero) is 5. The van der Waals surface area contributed by atoms with Gasteiger partial charge >= 0.3 is 0 Å². The summed E-state index contributed by atoms with van der Waals surface area (Å²) in [6, 6.07) is -7.24. The van der Waals surface area contributed by atoms with Crippen molar-refractivity contribution < 1.29 is 73.2 Å². The van der Waals surface area contributed by atoms with Gasteiger partial charge in [-0.15, -0.1) is 0 Å². The van der Waals surface area contributed by atoms with Crippen LogP contribution in [0.2, 0.25) is 0 Å². The lowest BCUT2D eigenvalue weighted by atomic mass is 9.79. The van der Waals surface area contributed by atoms with Crippen molar-refractivity contribution in [1.29, 1.82) is 0 Å². The Morgan fingerprint density at radius 1 is 0.620 bits per heavy atom. The molecule has 0 aromatic carbocycles. The summed E-state index contributed by atoms with van der Waals surface area (Å²) in [7, 11) is 0. The first-order chi connectivity index (χ1) is 37.3. The highest BCUT2D eigenvalue weighted by Gasteiger charge is 2.38. The third kappa shape index (κ3) is 26.3. The summed E-state index contributed by atoms with van der Waals surface area (Å²) in [6.45, 7) is 7.68. The van der Waals surface area contributed by atoms with E-state index in [0.717, 1.165) is 25.7 Å². The first kappa shape index (κ1) is 71.9. The van der Waals surface area contributed by atoms with Crippen LogP contribution in [0, 0.1) is 35.5 Å². The number of rotatable bonds is 29. The second-order valence-electron chi connectivity index (χ2n) is 21.5. The maximum absolute atomic E-state index is 14.5. The maximum atomic E-state index is 14.5. The van der Waals surface area contributed by atoms with Gasteiger partial charge in [-0.3, -0.25) is 52.7 Å². The van der Waals surface area contributed by atoms with Crippen molar-refractivity contribution >= 4 is 64.4 Å². The van der Waals surface area contributed by atoms with Gasteiger partial charge in [-0.05, 0) is 97.8 Å². The Labute approximate surface area is 465 Å². The van der Waals surface area contributed by atoms with Crippen LogP contribution in [0.1, 0.15) is 151 Å². The third-order valence-electron chi connectivity index (χ3n) is 14.3. The Morgan fingerprint density at radius 2 is 1.18 bits per heavy atom. The van der Waals surface area contributed by atoms with Crippen molar-refractivity contribution in [3.63, 3.8) is 0 Å². The summed E-state index contributed by atoms with van der Waals surface area (Å²) >= 11 is 0. The highest BCUT2D eigenvalue weighted by atomic mass is 16.3. The molecule has 452 valence electrons. The Hall–Kier alpha value is -5.15. The van der Waals surface area contributed by atoms with E-state index in [1.54, 1.807) is 0 Å². The molecule has 25 nitrogen and oxygen atoms in total. The SMILES string of the molecule is CCCCCCCC(=O)N[C@@H](CCN)C(=O)C[C@H](C(=O)N[C@H](CO)C(=O)C[C@H]1CCNC(=O)[C@H](C(C)O)NC(=O)[C@H](CCN)NC(=O)[C@H](CCN)NC(=O)[C@H](C(C)O)CC(=O)[C@@H](CC(C)C)CC(=O)[C@H](CCN)CC1=O)C(C)O. The van der Waals surface area contributed by atoms with Gasteiger partial charge in [-0.1, -0.05) is 46.5 Å². The molecule has 1 fully saturated rings. The molecule has 1 aliphatic rings. The molecule has 0 aliphatic carbocycles. The van der Waals surface area contributed by atoms with Crippen LogP contribution in [-0.4, -0.2) is 173 Å². The zero-order valence-corrected chi connectivity index (χ0v) is 47.4. The number of unbranched alkanes of at least 4 members (excludes halogenated alkanes) is 4. The average molecular weight is 1130 g/mol. The molecule has 0 saturated carbocycles. The van der Waals surface area contributed by atoms with E-state index in [9.17, 15) is 73.2 Å². The number of amides is 6. The van der Waals surface area contributed by atoms with Gasteiger partial charge in [0, 0.05) is 62.8 Å². The molecular formula is C54H96N10O15. The van der Waals surface area contributed by atoms with Gasteiger partial charge in [-0.2, -0.15) is 0 Å². The Balaban J connectivity index is 3.76. The van der Waals surface area contributed by atoms with Gasteiger partial charge in [0.1, 0.15) is 41.5 Å².